The molecule has 1 aromatic rings. The topological polar surface area (TPSA) is 169 Å². The predicted octanol–water partition coefficient (Wildman–Crippen LogP) is 3.13. The van der Waals surface area contributed by atoms with E-state index in [0.29, 0.717) is 11.1 Å². The average molecular weight is 388 g/mol. The Kier molecular flexibility index (Phi) is 4.57. The molecule has 0 saturated carbocycles. The summed E-state index contributed by atoms with van der Waals surface area (Å²) in [6, 6.07) is 3.31. The molecule has 2 aliphatic rings. The third-order valence-corrected chi connectivity index (χ3v) is 4.57. The Morgan fingerprint density at radius 2 is 1.85 bits per heavy atom. The first kappa shape index (κ1) is 18.4. The van der Waals surface area contributed by atoms with Gasteiger partial charge >= 0.3 is 0 Å². The van der Waals surface area contributed by atoms with E-state index in [1.165, 1.54) is 36.4 Å². The Morgan fingerprint density at radius 3 is 2.48 bits per heavy atom. The van der Waals surface area contributed by atoms with Crippen molar-refractivity contribution in [3.05, 3.63) is 75.5 Å². The second kappa shape index (κ2) is 6.72. The van der Waals surface area contributed by atoms with Crippen molar-refractivity contribution in [2.75, 3.05) is 0 Å². The SMILES string of the molecule is N=C1C=CC2=CC(=S(=O)(O)O)C=CC2=C1N=Nc1ccc([N+](=O)[O-])cc1O. The van der Waals surface area contributed by atoms with Crippen molar-refractivity contribution in [3.8, 4) is 5.75 Å². The van der Waals surface area contributed by atoms with Crippen molar-refractivity contribution in [1.82, 2.24) is 0 Å². The standard InChI is InChI=1S/C16H12N4O6S/c17-13-5-1-9-7-11(27(24,25)26)3-4-12(9)16(13)19-18-14-6-2-10(20(22)23)8-15(14)21/h1-8,17,21H,(H2,24,25,26). The summed E-state index contributed by atoms with van der Waals surface area (Å²) < 4.78 is 29.9. The highest BCUT2D eigenvalue weighted by atomic mass is 32.2. The molecule has 0 aromatic heterocycles. The molecule has 10 nitrogen and oxygen atoms in total. The van der Waals surface area contributed by atoms with Crippen LogP contribution >= 0.6 is 0 Å². The first-order valence-corrected chi connectivity index (χ1v) is 8.80. The summed E-state index contributed by atoms with van der Waals surface area (Å²) in [7, 11) is -4.13. The lowest BCUT2D eigenvalue weighted by Crippen LogP contribution is -2.14. The number of benzene rings is 1. The van der Waals surface area contributed by atoms with Gasteiger partial charge in [0.05, 0.1) is 21.6 Å². The summed E-state index contributed by atoms with van der Waals surface area (Å²) in [5, 5.41) is 36.3. The molecule has 0 bridgehead atoms. The fraction of sp³-hybridized carbons (Fsp3) is 0. The summed E-state index contributed by atoms with van der Waals surface area (Å²) in [4.78, 5) is 9.84. The van der Waals surface area contributed by atoms with Gasteiger partial charge in [0.25, 0.3) is 5.69 Å². The lowest BCUT2D eigenvalue weighted by molar-refractivity contribution is -0.384. The molecule has 0 radical (unpaired) electrons. The summed E-state index contributed by atoms with van der Waals surface area (Å²) in [5.41, 5.74) is 0.679. The van der Waals surface area contributed by atoms with Crippen LogP contribution in [0.15, 0.2) is 75.7 Å². The van der Waals surface area contributed by atoms with Crippen LogP contribution in [0.25, 0.3) is 0 Å². The number of phenols is 1. The highest BCUT2D eigenvalue weighted by Crippen LogP contribution is 2.33. The second-order valence-corrected chi connectivity index (χ2v) is 6.94. The number of phenolic OH excluding ortho intramolecular Hbond substituents is 1. The van der Waals surface area contributed by atoms with E-state index in [1.807, 2.05) is 0 Å². The number of nitrogens with one attached hydrogen (secondary N) is 1. The molecular formula is C16H12N4O6S. The third kappa shape index (κ3) is 3.74. The molecular weight excluding hydrogens is 376 g/mol. The minimum Gasteiger partial charge on any atom is -0.505 e. The van der Waals surface area contributed by atoms with E-state index in [-0.39, 0.29) is 27.6 Å². The number of azo groups is 1. The second-order valence-electron chi connectivity index (χ2n) is 5.47. The molecule has 2 aliphatic carbocycles. The molecule has 0 unspecified atom stereocenters. The van der Waals surface area contributed by atoms with Crippen LogP contribution < -0.4 is 0 Å². The molecule has 11 heteroatoms. The maximum atomic E-state index is 11.4. The fourth-order valence-corrected chi connectivity index (χ4v) is 2.90. The van der Waals surface area contributed by atoms with Gasteiger partial charge in [-0.05, 0) is 29.9 Å². The van der Waals surface area contributed by atoms with E-state index in [9.17, 15) is 28.5 Å². The maximum Gasteiger partial charge on any atom is 0.273 e. The van der Waals surface area contributed by atoms with E-state index >= 15 is 0 Å². The van der Waals surface area contributed by atoms with Crippen molar-refractivity contribution >= 4 is 32.0 Å². The van der Waals surface area contributed by atoms with E-state index in [0.717, 1.165) is 12.1 Å². The lowest BCUT2D eigenvalue weighted by atomic mass is 9.91. The van der Waals surface area contributed by atoms with Gasteiger partial charge in [0, 0.05) is 11.6 Å². The third-order valence-electron chi connectivity index (χ3n) is 3.70. The maximum absolute atomic E-state index is 11.4. The number of rotatable bonds is 3. The first-order chi connectivity index (χ1) is 12.7. The zero-order chi connectivity index (χ0) is 19.8. The first-order valence-electron chi connectivity index (χ1n) is 7.33. The van der Waals surface area contributed by atoms with Crippen LogP contribution in [0, 0.1) is 15.5 Å². The van der Waals surface area contributed by atoms with Gasteiger partial charge in [-0.2, -0.15) is 0 Å². The number of fused-ring (bicyclic) bond motifs is 1. The normalized spacial score (nSPS) is 16.7. The Morgan fingerprint density at radius 1 is 1.11 bits per heavy atom. The van der Waals surface area contributed by atoms with Crippen LogP contribution in [0.2, 0.25) is 0 Å². The molecule has 0 atom stereocenters. The van der Waals surface area contributed by atoms with Gasteiger partial charge < -0.3 is 5.11 Å². The van der Waals surface area contributed by atoms with Gasteiger partial charge in [0.2, 0.25) is 10.1 Å². The number of allylic oxidation sites excluding steroid dienone is 7. The monoisotopic (exact) mass is 388 g/mol. The number of non-ortho nitro benzene ring substituents is 1. The number of nitrogens with zero attached hydrogens (tertiary/aromatic N) is 3. The number of hydrogen-bond donors (Lipinski definition) is 4. The van der Waals surface area contributed by atoms with Crippen LogP contribution in [0.4, 0.5) is 11.4 Å². The largest absolute Gasteiger partial charge is 0.505 e. The Hall–Kier alpha value is -3.41. The summed E-state index contributed by atoms with van der Waals surface area (Å²) in [5.74, 6) is -0.442. The summed E-state index contributed by atoms with van der Waals surface area (Å²) in [6.07, 6.45) is 6.85. The number of nitro groups is 1. The van der Waals surface area contributed by atoms with Gasteiger partial charge in [-0.15, -0.1) is 10.2 Å². The molecule has 0 heterocycles. The van der Waals surface area contributed by atoms with Crippen LogP contribution in [-0.2, 0) is 10.1 Å². The minimum atomic E-state index is -4.13. The van der Waals surface area contributed by atoms with Gasteiger partial charge in [-0.3, -0.25) is 24.6 Å². The zero-order valence-corrected chi connectivity index (χ0v) is 14.3. The Balaban J connectivity index is 2.02. The van der Waals surface area contributed by atoms with Crippen LogP contribution in [0.1, 0.15) is 0 Å². The summed E-state index contributed by atoms with van der Waals surface area (Å²) in [6.45, 7) is 0. The summed E-state index contributed by atoms with van der Waals surface area (Å²) >= 11 is 0. The quantitative estimate of drug-likeness (QED) is 0.268. The van der Waals surface area contributed by atoms with Gasteiger partial charge in [-0.25, -0.2) is 4.21 Å². The molecule has 0 spiro atoms. The zero-order valence-electron chi connectivity index (χ0n) is 13.4. The molecule has 3 rings (SSSR count). The van der Waals surface area contributed by atoms with E-state index in [1.54, 1.807) is 0 Å². The van der Waals surface area contributed by atoms with Crippen molar-refractivity contribution in [3.63, 3.8) is 0 Å². The van der Waals surface area contributed by atoms with E-state index < -0.39 is 20.8 Å². The molecule has 0 fully saturated rings. The molecule has 138 valence electrons. The van der Waals surface area contributed by atoms with Crippen molar-refractivity contribution in [1.29, 1.82) is 5.41 Å². The van der Waals surface area contributed by atoms with Gasteiger partial charge in [0.15, 0.2) is 0 Å². The smallest absolute Gasteiger partial charge is 0.273 e. The minimum absolute atomic E-state index is 0.00846. The average Bonchev–Trinajstić information content (AvgIpc) is 2.60. The van der Waals surface area contributed by atoms with Crippen LogP contribution in [-0.4, -0.2) is 33.9 Å². The van der Waals surface area contributed by atoms with Crippen molar-refractivity contribution in [2.45, 2.75) is 0 Å². The molecule has 1 aromatic carbocycles. The van der Waals surface area contributed by atoms with Crippen molar-refractivity contribution in [2.24, 2.45) is 10.2 Å². The van der Waals surface area contributed by atoms with Crippen molar-refractivity contribution < 1.29 is 23.3 Å². The lowest BCUT2D eigenvalue weighted by Gasteiger charge is -2.17. The van der Waals surface area contributed by atoms with Crippen LogP contribution in [0.5, 0.6) is 5.75 Å². The highest BCUT2D eigenvalue weighted by molar-refractivity contribution is 7.92. The molecule has 0 aliphatic heterocycles. The van der Waals surface area contributed by atoms with Gasteiger partial charge in [0.1, 0.15) is 17.1 Å². The molecule has 27 heavy (non-hydrogen) atoms. The van der Waals surface area contributed by atoms with Crippen LogP contribution in [0.3, 0.4) is 0 Å². The predicted molar refractivity (Wildman–Crippen MR) is 98.8 cm³/mol. The molecule has 4 N–H and O–H groups in total. The number of hydrogen-bond acceptors (Lipinski definition) is 7. The van der Waals surface area contributed by atoms with E-state index in [2.05, 4.69) is 10.2 Å². The fourth-order valence-electron chi connectivity index (χ4n) is 2.38. The van der Waals surface area contributed by atoms with E-state index in [4.69, 9.17) is 5.41 Å². The Labute approximate surface area is 152 Å². The number of nitro benzene ring substituents is 1. The highest BCUT2D eigenvalue weighted by Gasteiger charge is 2.20. The molecule has 0 amide bonds. The number of aromatic hydroxyl groups is 1. The molecule has 0 saturated heterocycles. The van der Waals surface area contributed by atoms with Gasteiger partial charge in [-0.1, -0.05) is 12.2 Å². The Bertz CT molecular complexity index is 1140.